The number of rotatable bonds is 5. The molecule has 0 saturated heterocycles. The highest BCUT2D eigenvalue weighted by atomic mass is 16.6. The molecule has 98 valence electrons. The highest BCUT2D eigenvalue weighted by molar-refractivity contribution is 4.72. The van der Waals surface area contributed by atoms with Crippen LogP contribution in [0.15, 0.2) is 0 Å². The topological polar surface area (TPSA) is 99.0 Å². The summed E-state index contributed by atoms with van der Waals surface area (Å²) < 4.78 is 0. The van der Waals surface area contributed by atoms with Gasteiger partial charge in [-0.2, -0.15) is 0 Å². The first-order valence-corrected chi connectivity index (χ1v) is 5.90. The first-order chi connectivity index (χ1) is 7.75. The van der Waals surface area contributed by atoms with Gasteiger partial charge in [0.05, 0.1) is 0 Å². The zero-order valence-corrected chi connectivity index (χ0v) is 10.2. The minimum atomic E-state index is 0.394. The van der Waals surface area contributed by atoms with E-state index in [4.69, 9.17) is 16.7 Å². The second-order valence-corrected chi connectivity index (χ2v) is 3.92. The third kappa shape index (κ3) is 5.74. The van der Waals surface area contributed by atoms with E-state index in [0.717, 1.165) is 38.2 Å². The summed E-state index contributed by atoms with van der Waals surface area (Å²) in [6, 6.07) is 0.394. The number of hydrogen-bond donors (Lipinski definition) is 4. The molecule has 0 heterocycles. The maximum Gasteiger partial charge on any atom is 0.0319 e. The van der Waals surface area contributed by atoms with Crippen LogP contribution in [-0.4, -0.2) is 46.8 Å². The molecule has 1 fully saturated rings. The molecule has 1 rings (SSSR count). The van der Waals surface area contributed by atoms with Gasteiger partial charge in [0, 0.05) is 19.7 Å². The summed E-state index contributed by atoms with van der Waals surface area (Å²) in [5.41, 5.74) is 5.44. The summed E-state index contributed by atoms with van der Waals surface area (Å²) in [5.74, 6) is 5.38. The molecule has 6 heteroatoms. The first kappa shape index (κ1) is 15.8. The van der Waals surface area contributed by atoms with Crippen LogP contribution in [0.5, 0.6) is 0 Å². The van der Waals surface area contributed by atoms with Crippen LogP contribution in [0.25, 0.3) is 0 Å². The minimum absolute atomic E-state index is 0.394. The van der Waals surface area contributed by atoms with Crippen LogP contribution in [0.2, 0.25) is 0 Å². The van der Waals surface area contributed by atoms with Crippen LogP contribution in [-0.2, 0) is 0 Å². The maximum absolute atomic E-state index is 9.29. The molecule has 0 aromatic carbocycles. The Morgan fingerprint density at radius 3 is 2.19 bits per heavy atom. The summed E-state index contributed by atoms with van der Waals surface area (Å²) in [4.78, 5) is 0. The Morgan fingerprint density at radius 1 is 1.19 bits per heavy atom. The molecular weight excluding hydrogens is 208 g/mol. The van der Waals surface area contributed by atoms with Gasteiger partial charge in [-0.05, 0) is 25.8 Å². The minimum Gasteiger partial charge on any atom is -0.400 e. The molecule has 0 atom stereocenters. The number of aliphatic hydroxyl groups excluding tert-OH is 1. The Balaban J connectivity index is 0.00000106. The van der Waals surface area contributed by atoms with E-state index in [1.54, 1.807) is 0 Å². The van der Waals surface area contributed by atoms with Gasteiger partial charge in [-0.15, -0.1) is 0 Å². The van der Waals surface area contributed by atoms with E-state index in [1.165, 1.54) is 19.3 Å². The maximum atomic E-state index is 9.29. The van der Waals surface area contributed by atoms with E-state index >= 15 is 0 Å². The molecule has 1 aliphatic rings. The Hall–Kier alpha value is -0.240. The van der Waals surface area contributed by atoms with Gasteiger partial charge in [0.25, 0.3) is 0 Å². The molecule has 0 aromatic heterocycles. The molecular formula is C10H26N4O2. The van der Waals surface area contributed by atoms with Gasteiger partial charge in [0.15, 0.2) is 0 Å². The van der Waals surface area contributed by atoms with Gasteiger partial charge in [0.2, 0.25) is 0 Å². The van der Waals surface area contributed by atoms with Gasteiger partial charge in [0.1, 0.15) is 0 Å². The van der Waals surface area contributed by atoms with Crippen LogP contribution in [0.4, 0.5) is 0 Å². The van der Waals surface area contributed by atoms with Gasteiger partial charge >= 0.3 is 0 Å². The van der Waals surface area contributed by atoms with Crippen molar-refractivity contribution in [3.05, 3.63) is 0 Å². The van der Waals surface area contributed by atoms with E-state index in [9.17, 15) is 5.21 Å². The average molecular weight is 234 g/mol. The summed E-state index contributed by atoms with van der Waals surface area (Å²) in [7, 11) is 1.00. The molecule has 0 bridgehead atoms. The Kier molecular flexibility index (Phi) is 9.80. The monoisotopic (exact) mass is 234 g/mol. The summed E-state index contributed by atoms with van der Waals surface area (Å²) in [6.07, 6.45) is 6.88. The molecule has 16 heavy (non-hydrogen) atoms. The predicted molar refractivity (Wildman–Crippen MR) is 63.2 cm³/mol. The van der Waals surface area contributed by atoms with Crippen molar-refractivity contribution in [3.8, 4) is 0 Å². The molecule has 1 saturated carbocycles. The molecule has 0 unspecified atom stereocenters. The standard InChI is InChI=1S/C9H22N4O.CH4O/c10-7-4-8-12(13(11)14)9-5-2-1-3-6-9;1-2/h9,14H,1-8,10-11H2;2H,1H3. The second-order valence-electron chi connectivity index (χ2n) is 3.92. The molecule has 0 amide bonds. The van der Waals surface area contributed by atoms with Crippen LogP contribution in [0.3, 0.4) is 0 Å². The van der Waals surface area contributed by atoms with E-state index in [1.807, 2.05) is 5.01 Å². The molecule has 0 spiro atoms. The van der Waals surface area contributed by atoms with Crippen LogP contribution in [0.1, 0.15) is 38.5 Å². The van der Waals surface area contributed by atoms with Gasteiger partial charge < -0.3 is 10.8 Å². The Bertz CT molecular complexity index is 152. The highest BCUT2D eigenvalue weighted by Crippen LogP contribution is 2.22. The van der Waals surface area contributed by atoms with E-state index in [0.29, 0.717) is 12.6 Å². The number of nitrogens with zero attached hydrogens (tertiary/aromatic N) is 2. The van der Waals surface area contributed by atoms with Crippen molar-refractivity contribution in [1.29, 1.82) is 0 Å². The zero-order chi connectivity index (χ0) is 12.4. The van der Waals surface area contributed by atoms with Crippen molar-refractivity contribution in [2.75, 3.05) is 20.2 Å². The highest BCUT2D eigenvalue weighted by Gasteiger charge is 2.23. The zero-order valence-electron chi connectivity index (χ0n) is 10.2. The average Bonchev–Trinajstić information content (AvgIpc) is 2.33. The Labute approximate surface area is 97.7 Å². The fourth-order valence-electron chi connectivity index (χ4n) is 2.08. The van der Waals surface area contributed by atoms with E-state index in [2.05, 4.69) is 0 Å². The van der Waals surface area contributed by atoms with Crippen molar-refractivity contribution in [3.63, 3.8) is 0 Å². The smallest absolute Gasteiger partial charge is 0.0319 e. The molecule has 0 aromatic rings. The van der Waals surface area contributed by atoms with Crippen molar-refractivity contribution >= 4 is 0 Å². The van der Waals surface area contributed by atoms with Gasteiger partial charge in [-0.25, -0.2) is 10.9 Å². The molecule has 6 nitrogen and oxygen atoms in total. The number of nitrogens with two attached hydrogens (primary N) is 2. The van der Waals surface area contributed by atoms with Crippen LogP contribution < -0.4 is 11.6 Å². The number of hydrogen-bond acceptors (Lipinski definition) is 6. The van der Waals surface area contributed by atoms with E-state index in [-0.39, 0.29) is 0 Å². The van der Waals surface area contributed by atoms with Crippen LogP contribution >= 0.6 is 0 Å². The molecule has 0 aliphatic heterocycles. The molecule has 6 N–H and O–H groups in total. The number of hydrazine groups is 2. The fraction of sp³-hybridized carbons (Fsp3) is 1.00. The summed E-state index contributed by atoms with van der Waals surface area (Å²) in [5, 5.41) is 18.9. The summed E-state index contributed by atoms with van der Waals surface area (Å²) >= 11 is 0. The lowest BCUT2D eigenvalue weighted by atomic mass is 9.95. The molecule has 0 radical (unpaired) electrons. The van der Waals surface area contributed by atoms with Gasteiger partial charge in [-0.1, -0.05) is 24.5 Å². The van der Waals surface area contributed by atoms with Crippen molar-refractivity contribution < 1.29 is 10.3 Å². The fourth-order valence-corrected chi connectivity index (χ4v) is 2.08. The lowest BCUT2D eigenvalue weighted by molar-refractivity contribution is -0.268. The Morgan fingerprint density at radius 2 is 1.75 bits per heavy atom. The quantitative estimate of drug-likeness (QED) is 0.396. The predicted octanol–water partition coefficient (Wildman–Crippen LogP) is 0.0583. The van der Waals surface area contributed by atoms with Gasteiger partial charge in [-0.3, -0.25) is 5.21 Å². The second kappa shape index (κ2) is 9.95. The summed E-state index contributed by atoms with van der Waals surface area (Å²) in [6.45, 7) is 1.38. The van der Waals surface area contributed by atoms with E-state index < -0.39 is 0 Å². The lowest BCUT2D eigenvalue weighted by Gasteiger charge is -2.36. The SMILES string of the molecule is CO.NCCCN(C1CCCCC1)N(N)O. The van der Waals surface area contributed by atoms with Crippen molar-refractivity contribution in [2.45, 2.75) is 44.6 Å². The normalized spacial score (nSPS) is 17.4. The lowest BCUT2D eigenvalue weighted by Crippen LogP contribution is -2.52. The number of aliphatic hydroxyl groups is 1. The largest absolute Gasteiger partial charge is 0.400 e. The van der Waals surface area contributed by atoms with Crippen molar-refractivity contribution in [1.82, 2.24) is 10.3 Å². The third-order valence-electron chi connectivity index (χ3n) is 2.85. The van der Waals surface area contributed by atoms with Crippen LogP contribution in [0, 0.1) is 0 Å². The third-order valence-corrected chi connectivity index (χ3v) is 2.85. The first-order valence-electron chi connectivity index (χ1n) is 5.90. The molecule has 1 aliphatic carbocycles. The van der Waals surface area contributed by atoms with Crippen molar-refractivity contribution in [2.24, 2.45) is 11.6 Å².